The second-order valence-corrected chi connectivity index (χ2v) is 4.22. The van der Waals surface area contributed by atoms with Crippen LogP contribution in [0, 0.1) is 0 Å². The first-order valence-corrected chi connectivity index (χ1v) is 6.07. The molecule has 2 N–H and O–H groups in total. The predicted molar refractivity (Wildman–Crippen MR) is 71.5 cm³/mol. The maximum atomic E-state index is 12.4. The molecule has 0 unspecified atom stereocenters. The number of carbonyl (C=O) groups is 1. The summed E-state index contributed by atoms with van der Waals surface area (Å²) in [4.78, 5) is 15.5. The molecule has 0 bridgehead atoms. The Kier molecular flexibility index (Phi) is 4.42. The number of carbonyl (C=O) groups excluding carboxylic acids is 1. The number of aromatic nitrogens is 1. The van der Waals surface area contributed by atoms with E-state index in [4.69, 9.17) is 0 Å². The van der Waals surface area contributed by atoms with Crippen LogP contribution in [-0.2, 0) is 12.7 Å². The van der Waals surface area contributed by atoms with Gasteiger partial charge in [-0.3, -0.25) is 5.32 Å². The molecule has 0 aliphatic rings. The number of nitrogens with zero attached hydrogens (tertiary/aromatic N) is 1. The average molecular weight is 295 g/mol. The number of halogens is 3. The molecule has 7 heteroatoms. The largest absolute Gasteiger partial charge is 0.416 e. The fraction of sp³-hybridized carbons (Fsp3) is 0.143. The monoisotopic (exact) mass is 295 g/mol. The minimum absolute atomic E-state index is 0.122. The first-order chi connectivity index (χ1) is 9.95. The Morgan fingerprint density at radius 3 is 2.38 bits per heavy atom. The Balaban J connectivity index is 1.87. The van der Waals surface area contributed by atoms with E-state index in [1.165, 1.54) is 18.3 Å². The van der Waals surface area contributed by atoms with E-state index in [0.717, 1.165) is 12.1 Å². The van der Waals surface area contributed by atoms with Crippen LogP contribution in [0.15, 0.2) is 48.7 Å². The van der Waals surface area contributed by atoms with Gasteiger partial charge >= 0.3 is 12.2 Å². The van der Waals surface area contributed by atoms with Crippen molar-refractivity contribution in [3.63, 3.8) is 0 Å². The molecule has 2 amide bonds. The van der Waals surface area contributed by atoms with Crippen LogP contribution in [0.4, 0.5) is 23.8 Å². The normalized spacial score (nSPS) is 11.0. The number of amides is 2. The average Bonchev–Trinajstić information content (AvgIpc) is 2.46. The number of urea groups is 1. The highest BCUT2D eigenvalue weighted by molar-refractivity contribution is 5.88. The molecule has 1 aromatic heterocycles. The van der Waals surface area contributed by atoms with Crippen molar-refractivity contribution in [3.05, 3.63) is 59.8 Å². The minimum Gasteiger partial charge on any atom is -0.334 e. The highest BCUT2D eigenvalue weighted by Crippen LogP contribution is 2.28. The zero-order valence-corrected chi connectivity index (χ0v) is 10.8. The first-order valence-electron chi connectivity index (χ1n) is 6.07. The van der Waals surface area contributed by atoms with Gasteiger partial charge in [0.25, 0.3) is 0 Å². The zero-order chi connectivity index (χ0) is 15.3. The van der Waals surface area contributed by atoms with Gasteiger partial charge in [0.1, 0.15) is 5.82 Å². The van der Waals surface area contributed by atoms with Gasteiger partial charge in [0.05, 0.1) is 5.56 Å². The molecule has 0 atom stereocenters. The standard InChI is InChI=1S/C14H12F3N3O/c15-14(16,17)11-6-4-10(5-7-11)9-19-13(21)20-12-3-1-2-8-18-12/h1-8H,9H2,(H2,18,19,20,21). The lowest BCUT2D eigenvalue weighted by Gasteiger charge is -2.09. The second kappa shape index (κ2) is 6.25. The van der Waals surface area contributed by atoms with E-state index in [1.54, 1.807) is 18.2 Å². The molecule has 2 rings (SSSR count). The van der Waals surface area contributed by atoms with Crippen LogP contribution in [0.3, 0.4) is 0 Å². The smallest absolute Gasteiger partial charge is 0.334 e. The van der Waals surface area contributed by atoms with E-state index in [9.17, 15) is 18.0 Å². The number of anilines is 1. The third-order valence-electron chi connectivity index (χ3n) is 2.64. The van der Waals surface area contributed by atoms with Gasteiger partial charge in [-0.15, -0.1) is 0 Å². The molecule has 0 aliphatic heterocycles. The lowest BCUT2D eigenvalue weighted by molar-refractivity contribution is -0.137. The van der Waals surface area contributed by atoms with Crippen LogP contribution < -0.4 is 10.6 Å². The van der Waals surface area contributed by atoms with E-state index >= 15 is 0 Å². The van der Waals surface area contributed by atoms with Crippen molar-refractivity contribution in [2.24, 2.45) is 0 Å². The minimum atomic E-state index is -4.36. The number of hydrogen-bond donors (Lipinski definition) is 2. The zero-order valence-electron chi connectivity index (χ0n) is 10.8. The summed E-state index contributed by atoms with van der Waals surface area (Å²) in [5.41, 5.74) is -0.150. The number of alkyl halides is 3. The summed E-state index contributed by atoms with van der Waals surface area (Å²) in [5.74, 6) is 0.391. The number of rotatable bonds is 3. The molecule has 0 fully saturated rings. The summed E-state index contributed by atoms with van der Waals surface area (Å²) < 4.78 is 37.2. The molecule has 0 saturated carbocycles. The molecule has 0 aliphatic carbocycles. The molecule has 1 heterocycles. The Morgan fingerprint density at radius 1 is 1.10 bits per heavy atom. The van der Waals surface area contributed by atoms with Gasteiger partial charge in [-0.25, -0.2) is 9.78 Å². The molecular formula is C14H12F3N3O. The molecule has 2 aromatic rings. The van der Waals surface area contributed by atoms with E-state index in [0.29, 0.717) is 11.4 Å². The summed E-state index contributed by atoms with van der Waals surface area (Å²) in [5, 5.41) is 5.04. The maximum absolute atomic E-state index is 12.4. The maximum Gasteiger partial charge on any atom is 0.416 e. The topological polar surface area (TPSA) is 54.0 Å². The van der Waals surface area contributed by atoms with Crippen molar-refractivity contribution in [2.75, 3.05) is 5.32 Å². The molecule has 1 aromatic carbocycles. The van der Waals surface area contributed by atoms with Crippen molar-refractivity contribution in [2.45, 2.75) is 12.7 Å². The van der Waals surface area contributed by atoms with Gasteiger partial charge in [0, 0.05) is 12.7 Å². The summed E-state index contributed by atoms with van der Waals surface area (Å²) >= 11 is 0. The fourth-order valence-electron chi connectivity index (χ4n) is 1.59. The summed E-state index contributed by atoms with van der Waals surface area (Å²) in [6.45, 7) is 0.122. The Hall–Kier alpha value is -2.57. The SMILES string of the molecule is O=C(NCc1ccc(C(F)(F)F)cc1)Nc1ccccn1. The third-order valence-corrected chi connectivity index (χ3v) is 2.64. The van der Waals surface area contributed by atoms with Crippen LogP contribution in [-0.4, -0.2) is 11.0 Å². The van der Waals surface area contributed by atoms with E-state index < -0.39 is 17.8 Å². The van der Waals surface area contributed by atoms with Crippen LogP contribution in [0.1, 0.15) is 11.1 Å². The van der Waals surface area contributed by atoms with Crippen LogP contribution in [0.25, 0.3) is 0 Å². The molecule has 0 radical (unpaired) electrons. The van der Waals surface area contributed by atoms with Gasteiger partial charge in [-0.05, 0) is 29.8 Å². The quantitative estimate of drug-likeness (QED) is 0.911. The second-order valence-electron chi connectivity index (χ2n) is 4.22. The molecule has 4 nitrogen and oxygen atoms in total. The summed E-state index contributed by atoms with van der Waals surface area (Å²) in [6.07, 6.45) is -2.83. The van der Waals surface area contributed by atoms with E-state index in [-0.39, 0.29) is 6.54 Å². The molecule has 21 heavy (non-hydrogen) atoms. The number of benzene rings is 1. The van der Waals surface area contributed by atoms with Crippen LogP contribution in [0.2, 0.25) is 0 Å². The predicted octanol–water partition coefficient (Wildman–Crippen LogP) is 3.42. The van der Waals surface area contributed by atoms with E-state index in [2.05, 4.69) is 15.6 Å². The highest BCUT2D eigenvalue weighted by Gasteiger charge is 2.29. The third kappa shape index (κ3) is 4.48. The molecule has 110 valence electrons. The number of pyridine rings is 1. The van der Waals surface area contributed by atoms with Gasteiger partial charge in [0.2, 0.25) is 0 Å². The van der Waals surface area contributed by atoms with Gasteiger partial charge < -0.3 is 5.32 Å². The lowest BCUT2D eigenvalue weighted by atomic mass is 10.1. The summed E-state index contributed by atoms with van der Waals surface area (Å²) in [6, 6.07) is 9.19. The van der Waals surface area contributed by atoms with E-state index in [1.807, 2.05) is 0 Å². The van der Waals surface area contributed by atoms with Gasteiger partial charge in [-0.1, -0.05) is 18.2 Å². The Bertz CT molecular complexity index is 597. The molecular weight excluding hydrogens is 283 g/mol. The number of nitrogens with one attached hydrogen (secondary N) is 2. The molecule has 0 saturated heterocycles. The molecule has 0 spiro atoms. The number of hydrogen-bond acceptors (Lipinski definition) is 2. The van der Waals surface area contributed by atoms with Crippen molar-refractivity contribution in [3.8, 4) is 0 Å². The van der Waals surface area contributed by atoms with Crippen LogP contribution >= 0.6 is 0 Å². The van der Waals surface area contributed by atoms with Gasteiger partial charge in [0.15, 0.2) is 0 Å². The van der Waals surface area contributed by atoms with Crippen molar-refractivity contribution >= 4 is 11.8 Å². The van der Waals surface area contributed by atoms with Crippen molar-refractivity contribution < 1.29 is 18.0 Å². The first kappa shape index (κ1) is 14.8. The van der Waals surface area contributed by atoms with Crippen molar-refractivity contribution in [1.82, 2.24) is 10.3 Å². The Morgan fingerprint density at radius 2 is 1.81 bits per heavy atom. The Labute approximate surface area is 119 Å². The highest BCUT2D eigenvalue weighted by atomic mass is 19.4. The lowest BCUT2D eigenvalue weighted by Crippen LogP contribution is -2.28. The van der Waals surface area contributed by atoms with Crippen molar-refractivity contribution in [1.29, 1.82) is 0 Å². The summed E-state index contributed by atoms with van der Waals surface area (Å²) in [7, 11) is 0. The van der Waals surface area contributed by atoms with Gasteiger partial charge in [-0.2, -0.15) is 13.2 Å². The van der Waals surface area contributed by atoms with Crippen LogP contribution in [0.5, 0.6) is 0 Å². The fourth-order valence-corrected chi connectivity index (χ4v) is 1.59.